The van der Waals surface area contributed by atoms with Crippen LogP contribution in [0.25, 0.3) is 0 Å². The minimum absolute atomic E-state index is 0.775. The fourth-order valence-corrected chi connectivity index (χ4v) is 3.31. The van der Waals surface area contributed by atoms with Gasteiger partial charge in [-0.25, -0.2) is 4.98 Å². The lowest BCUT2D eigenvalue weighted by atomic mass is 10.0. The molecule has 0 unspecified atom stereocenters. The number of nitrogens with one attached hydrogen (secondary N) is 1. The third kappa shape index (κ3) is 2.58. The molecule has 0 bridgehead atoms. The van der Waals surface area contributed by atoms with Crippen LogP contribution in [0.2, 0.25) is 0 Å². The van der Waals surface area contributed by atoms with Crippen molar-refractivity contribution in [3.63, 3.8) is 0 Å². The highest BCUT2D eigenvalue weighted by atomic mass is 32.1. The van der Waals surface area contributed by atoms with Crippen molar-refractivity contribution in [1.82, 2.24) is 10.3 Å². The molecule has 1 aliphatic rings. The summed E-state index contributed by atoms with van der Waals surface area (Å²) in [5.41, 5.74) is 1.34. The van der Waals surface area contributed by atoms with Crippen molar-refractivity contribution < 1.29 is 4.42 Å². The average molecular weight is 248 g/mol. The molecule has 0 saturated carbocycles. The predicted molar refractivity (Wildman–Crippen MR) is 68.0 cm³/mol. The molecule has 17 heavy (non-hydrogen) atoms. The minimum Gasteiger partial charge on any atom is -0.468 e. The van der Waals surface area contributed by atoms with E-state index >= 15 is 0 Å². The Morgan fingerprint density at radius 3 is 3.06 bits per heavy atom. The van der Waals surface area contributed by atoms with Gasteiger partial charge in [0.15, 0.2) is 0 Å². The molecule has 2 aromatic heterocycles. The molecule has 0 aliphatic heterocycles. The first-order chi connectivity index (χ1) is 8.42. The van der Waals surface area contributed by atoms with Crippen LogP contribution in [0.5, 0.6) is 0 Å². The summed E-state index contributed by atoms with van der Waals surface area (Å²) in [6.45, 7) is 1.62. The highest BCUT2D eigenvalue weighted by Crippen LogP contribution is 2.26. The van der Waals surface area contributed by atoms with Gasteiger partial charge >= 0.3 is 0 Å². The van der Waals surface area contributed by atoms with E-state index in [9.17, 15) is 0 Å². The number of furan rings is 1. The van der Waals surface area contributed by atoms with Crippen LogP contribution in [-0.4, -0.2) is 4.98 Å². The van der Waals surface area contributed by atoms with Crippen molar-refractivity contribution in [2.75, 3.05) is 0 Å². The van der Waals surface area contributed by atoms with Gasteiger partial charge in [0, 0.05) is 11.4 Å². The number of rotatable bonds is 4. The maximum atomic E-state index is 5.27. The van der Waals surface area contributed by atoms with E-state index < -0.39 is 0 Å². The van der Waals surface area contributed by atoms with E-state index in [0.29, 0.717) is 0 Å². The molecule has 0 amide bonds. The van der Waals surface area contributed by atoms with Gasteiger partial charge in [-0.15, -0.1) is 11.3 Å². The van der Waals surface area contributed by atoms with Gasteiger partial charge in [-0.05, 0) is 37.8 Å². The first kappa shape index (κ1) is 11.0. The molecule has 1 aliphatic carbocycles. The lowest BCUT2D eigenvalue weighted by Crippen LogP contribution is -2.11. The van der Waals surface area contributed by atoms with Gasteiger partial charge in [-0.2, -0.15) is 0 Å². The van der Waals surface area contributed by atoms with Crippen molar-refractivity contribution in [2.24, 2.45) is 0 Å². The van der Waals surface area contributed by atoms with Crippen LogP contribution in [0.4, 0.5) is 0 Å². The SMILES string of the molecule is c1coc(CNCc2nc3c(s2)CCCC3)c1. The summed E-state index contributed by atoms with van der Waals surface area (Å²) >= 11 is 1.87. The van der Waals surface area contributed by atoms with Crippen molar-refractivity contribution in [3.8, 4) is 0 Å². The smallest absolute Gasteiger partial charge is 0.117 e. The van der Waals surface area contributed by atoms with Crippen molar-refractivity contribution in [3.05, 3.63) is 39.7 Å². The first-order valence-corrected chi connectivity index (χ1v) is 6.94. The summed E-state index contributed by atoms with van der Waals surface area (Å²) in [5, 5.41) is 4.58. The molecule has 90 valence electrons. The van der Waals surface area contributed by atoms with Gasteiger partial charge in [0.25, 0.3) is 0 Å². The largest absolute Gasteiger partial charge is 0.468 e. The van der Waals surface area contributed by atoms with Crippen molar-refractivity contribution in [1.29, 1.82) is 0 Å². The second-order valence-corrected chi connectivity index (χ2v) is 5.54. The standard InChI is InChI=1S/C13H16N2OS/c1-2-6-12-11(5-1)15-13(17-12)9-14-8-10-4-3-7-16-10/h3-4,7,14H,1-2,5-6,8-9H2. The summed E-state index contributed by atoms with van der Waals surface area (Å²) in [5.74, 6) is 0.978. The first-order valence-electron chi connectivity index (χ1n) is 6.12. The highest BCUT2D eigenvalue weighted by Gasteiger charge is 2.14. The Balaban J connectivity index is 1.56. The Bertz CT molecular complexity index is 452. The molecular formula is C13H16N2OS. The summed E-state index contributed by atoms with van der Waals surface area (Å²) in [6.07, 6.45) is 6.73. The van der Waals surface area contributed by atoms with Gasteiger partial charge in [-0.3, -0.25) is 0 Å². The van der Waals surface area contributed by atoms with E-state index in [0.717, 1.165) is 18.8 Å². The Labute approximate surface area is 105 Å². The summed E-state index contributed by atoms with van der Waals surface area (Å²) in [7, 11) is 0. The topological polar surface area (TPSA) is 38.1 Å². The highest BCUT2D eigenvalue weighted by molar-refractivity contribution is 7.11. The van der Waals surface area contributed by atoms with Crippen LogP contribution in [0.3, 0.4) is 0 Å². The number of nitrogens with zero attached hydrogens (tertiary/aromatic N) is 1. The molecule has 0 atom stereocenters. The van der Waals surface area contributed by atoms with E-state index in [1.807, 2.05) is 23.5 Å². The number of hydrogen-bond donors (Lipinski definition) is 1. The van der Waals surface area contributed by atoms with E-state index in [-0.39, 0.29) is 0 Å². The van der Waals surface area contributed by atoms with Gasteiger partial charge < -0.3 is 9.73 Å². The third-order valence-corrected chi connectivity index (χ3v) is 4.20. The van der Waals surface area contributed by atoms with Gasteiger partial charge in [0.2, 0.25) is 0 Å². The van der Waals surface area contributed by atoms with Crippen LogP contribution in [-0.2, 0) is 25.9 Å². The average Bonchev–Trinajstić information content (AvgIpc) is 2.96. The van der Waals surface area contributed by atoms with Crippen molar-refractivity contribution in [2.45, 2.75) is 38.8 Å². The maximum absolute atomic E-state index is 5.27. The molecule has 3 rings (SSSR count). The molecule has 2 aromatic rings. The van der Waals surface area contributed by atoms with Crippen LogP contribution >= 0.6 is 11.3 Å². The monoisotopic (exact) mass is 248 g/mol. The molecular weight excluding hydrogens is 232 g/mol. The number of aromatic nitrogens is 1. The van der Waals surface area contributed by atoms with Crippen molar-refractivity contribution >= 4 is 11.3 Å². The number of thiazole rings is 1. The van der Waals surface area contributed by atoms with Crippen LogP contribution in [0.15, 0.2) is 22.8 Å². The maximum Gasteiger partial charge on any atom is 0.117 e. The molecule has 0 saturated heterocycles. The van der Waals surface area contributed by atoms with E-state index in [2.05, 4.69) is 5.32 Å². The Morgan fingerprint density at radius 1 is 1.29 bits per heavy atom. The summed E-state index contributed by atoms with van der Waals surface area (Å²) in [6, 6.07) is 3.90. The van der Waals surface area contributed by atoms with Gasteiger partial charge in [-0.1, -0.05) is 0 Å². The minimum atomic E-state index is 0.775. The summed E-state index contributed by atoms with van der Waals surface area (Å²) in [4.78, 5) is 6.20. The lowest BCUT2D eigenvalue weighted by Gasteiger charge is -2.06. The normalized spacial score (nSPS) is 14.8. The number of fused-ring (bicyclic) bond motifs is 1. The zero-order chi connectivity index (χ0) is 11.5. The second kappa shape index (κ2) is 5.02. The van der Waals surface area contributed by atoms with Gasteiger partial charge in [0.05, 0.1) is 18.5 Å². The number of aryl methyl sites for hydroxylation is 2. The molecule has 4 heteroatoms. The summed E-state index contributed by atoms with van der Waals surface area (Å²) < 4.78 is 5.27. The lowest BCUT2D eigenvalue weighted by molar-refractivity contribution is 0.482. The van der Waals surface area contributed by atoms with E-state index in [4.69, 9.17) is 9.40 Å². The molecule has 3 nitrogen and oxygen atoms in total. The molecule has 0 fully saturated rings. The molecule has 0 radical (unpaired) electrons. The van der Waals surface area contributed by atoms with Crippen LogP contribution < -0.4 is 5.32 Å². The van der Waals surface area contributed by atoms with E-state index in [1.165, 1.54) is 41.3 Å². The van der Waals surface area contributed by atoms with Gasteiger partial charge in [0.1, 0.15) is 10.8 Å². The second-order valence-electron chi connectivity index (χ2n) is 4.37. The predicted octanol–water partition coefficient (Wildman–Crippen LogP) is 2.90. The fourth-order valence-electron chi connectivity index (χ4n) is 2.19. The quantitative estimate of drug-likeness (QED) is 0.904. The molecule has 0 aromatic carbocycles. The van der Waals surface area contributed by atoms with Crippen LogP contribution in [0, 0.1) is 0 Å². The third-order valence-electron chi connectivity index (χ3n) is 3.05. The number of hydrogen-bond acceptors (Lipinski definition) is 4. The fraction of sp³-hybridized carbons (Fsp3) is 0.462. The molecule has 2 heterocycles. The Morgan fingerprint density at radius 2 is 2.24 bits per heavy atom. The zero-order valence-electron chi connectivity index (χ0n) is 9.74. The molecule has 0 spiro atoms. The molecule has 1 N–H and O–H groups in total. The van der Waals surface area contributed by atoms with E-state index in [1.54, 1.807) is 6.26 Å². The zero-order valence-corrected chi connectivity index (χ0v) is 10.6. The van der Waals surface area contributed by atoms with Crippen LogP contribution in [0.1, 0.15) is 34.2 Å². The Hall–Kier alpha value is -1.13. The Kier molecular flexibility index (Phi) is 3.25.